The molecule has 0 aliphatic heterocycles. The first-order valence-electron chi connectivity index (χ1n) is 6.31. The van der Waals surface area contributed by atoms with Gasteiger partial charge in [-0.25, -0.2) is 4.98 Å². The minimum absolute atomic E-state index is 0.697. The first-order valence-corrected chi connectivity index (χ1v) is 7.10. The third-order valence-electron chi connectivity index (χ3n) is 2.75. The van der Waals surface area contributed by atoms with Crippen molar-refractivity contribution in [3.8, 4) is 5.75 Å². The molecule has 0 aliphatic rings. The van der Waals surface area contributed by atoms with E-state index in [2.05, 4.69) is 42.9 Å². The average Bonchev–Trinajstić information content (AvgIpc) is 2.90. The predicted molar refractivity (Wildman–Crippen MR) is 79.2 cm³/mol. The molecule has 4 nitrogen and oxygen atoms in total. The summed E-state index contributed by atoms with van der Waals surface area (Å²) in [6.45, 7) is 2.48. The second-order valence-corrected chi connectivity index (χ2v) is 5.15. The number of nitrogens with one attached hydrogen (secondary N) is 1. The van der Waals surface area contributed by atoms with E-state index in [1.54, 1.807) is 6.20 Å². The lowest BCUT2D eigenvalue weighted by molar-refractivity contribution is 0.300. The molecule has 0 amide bonds. The summed E-state index contributed by atoms with van der Waals surface area (Å²) in [5.41, 5.74) is 1.24. The zero-order valence-electron chi connectivity index (χ0n) is 11.0. The highest BCUT2D eigenvalue weighted by atomic mass is 79.9. The van der Waals surface area contributed by atoms with Gasteiger partial charge in [0.15, 0.2) is 0 Å². The topological polar surface area (TPSA) is 39.1 Å². The van der Waals surface area contributed by atoms with Crippen molar-refractivity contribution in [3.05, 3.63) is 47.0 Å². The second kappa shape index (κ2) is 7.31. The number of aryl methyl sites for hydroxylation is 1. The smallest absolute Gasteiger partial charge is 0.133 e. The van der Waals surface area contributed by atoms with Crippen molar-refractivity contribution in [3.63, 3.8) is 0 Å². The largest absolute Gasteiger partial charge is 0.492 e. The van der Waals surface area contributed by atoms with Gasteiger partial charge in [-0.15, -0.1) is 0 Å². The summed E-state index contributed by atoms with van der Waals surface area (Å²) < 4.78 is 8.82. The van der Waals surface area contributed by atoms with Crippen LogP contribution in [0.15, 0.2) is 41.4 Å². The lowest BCUT2D eigenvalue weighted by Crippen LogP contribution is -2.06. The lowest BCUT2D eigenvalue weighted by atomic mass is 10.2. The Labute approximate surface area is 121 Å². The van der Waals surface area contributed by atoms with E-state index < -0.39 is 0 Å². The highest BCUT2D eigenvalue weighted by Crippen LogP contribution is 2.26. The van der Waals surface area contributed by atoms with Crippen LogP contribution in [0, 0.1) is 0 Å². The van der Waals surface area contributed by atoms with Crippen molar-refractivity contribution in [2.75, 3.05) is 13.7 Å². The van der Waals surface area contributed by atoms with Crippen LogP contribution in [-0.2, 0) is 13.1 Å². The fourth-order valence-corrected chi connectivity index (χ4v) is 2.36. The maximum absolute atomic E-state index is 5.77. The Morgan fingerprint density at radius 2 is 2.32 bits per heavy atom. The Hall–Kier alpha value is -1.33. The first-order chi connectivity index (χ1) is 9.29. The van der Waals surface area contributed by atoms with E-state index in [4.69, 9.17) is 4.74 Å². The molecule has 2 aromatic rings. The van der Waals surface area contributed by atoms with E-state index in [9.17, 15) is 0 Å². The predicted octanol–water partition coefficient (Wildman–Crippen LogP) is 2.83. The van der Waals surface area contributed by atoms with Gasteiger partial charge >= 0.3 is 0 Å². The van der Waals surface area contributed by atoms with Gasteiger partial charge in [0.05, 0.1) is 17.4 Å². The highest BCUT2D eigenvalue weighted by molar-refractivity contribution is 9.10. The number of benzene rings is 1. The molecule has 19 heavy (non-hydrogen) atoms. The molecule has 0 radical (unpaired) electrons. The van der Waals surface area contributed by atoms with E-state index in [0.717, 1.165) is 29.7 Å². The number of ether oxygens (including phenoxy) is 1. The normalized spacial score (nSPS) is 10.6. The summed E-state index contributed by atoms with van der Waals surface area (Å²) in [6.07, 6.45) is 6.53. The molecule has 0 saturated heterocycles. The van der Waals surface area contributed by atoms with Gasteiger partial charge < -0.3 is 14.6 Å². The number of hydrogen-bond acceptors (Lipinski definition) is 3. The van der Waals surface area contributed by atoms with Crippen LogP contribution >= 0.6 is 15.9 Å². The van der Waals surface area contributed by atoms with Crippen LogP contribution in [0.3, 0.4) is 0 Å². The summed E-state index contributed by atoms with van der Waals surface area (Å²) in [6, 6.07) is 6.17. The standard InChI is InChI=1S/C14H18BrN3O/c1-16-10-12-3-4-14(13(15)9-12)19-8-2-6-18-7-5-17-11-18/h3-5,7,9,11,16H,2,6,8,10H2,1H3. The van der Waals surface area contributed by atoms with Crippen molar-refractivity contribution < 1.29 is 4.74 Å². The molecule has 2 rings (SSSR count). The van der Waals surface area contributed by atoms with Crippen molar-refractivity contribution in [2.45, 2.75) is 19.5 Å². The number of aromatic nitrogens is 2. The van der Waals surface area contributed by atoms with Gasteiger partial charge in [-0.1, -0.05) is 6.07 Å². The molecule has 1 aromatic carbocycles. The van der Waals surface area contributed by atoms with Crippen LogP contribution in [0.25, 0.3) is 0 Å². The number of rotatable bonds is 7. The van der Waals surface area contributed by atoms with Gasteiger partial charge in [0.1, 0.15) is 5.75 Å². The summed E-state index contributed by atoms with van der Waals surface area (Å²) in [7, 11) is 1.94. The molecule has 0 saturated carbocycles. The van der Waals surface area contributed by atoms with Crippen molar-refractivity contribution in [2.24, 2.45) is 0 Å². The van der Waals surface area contributed by atoms with Gasteiger partial charge in [0.2, 0.25) is 0 Å². The quantitative estimate of drug-likeness (QED) is 0.796. The van der Waals surface area contributed by atoms with Crippen LogP contribution in [0.2, 0.25) is 0 Å². The average molecular weight is 324 g/mol. The van der Waals surface area contributed by atoms with Crippen LogP contribution in [-0.4, -0.2) is 23.2 Å². The summed E-state index contributed by atoms with van der Waals surface area (Å²) >= 11 is 3.54. The third kappa shape index (κ3) is 4.36. The van der Waals surface area contributed by atoms with Gasteiger partial charge in [0, 0.05) is 25.5 Å². The SMILES string of the molecule is CNCc1ccc(OCCCn2ccnc2)c(Br)c1. The molecule has 102 valence electrons. The lowest BCUT2D eigenvalue weighted by Gasteiger charge is -2.10. The monoisotopic (exact) mass is 323 g/mol. The molecule has 0 spiro atoms. The molecule has 0 fully saturated rings. The molecule has 0 atom stereocenters. The first kappa shape index (κ1) is 14.1. The molecule has 1 aromatic heterocycles. The van der Waals surface area contributed by atoms with Gasteiger partial charge in [0.25, 0.3) is 0 Å². The van der Waals surface area contributed by atoms with Gasteiger partial charge in [-0.2, -0.15) is 0 Å². The molecule has 1 N–H and O–H groups in total. The van der Waals surface area contributed by atoms with Crippen LogP contribution in [0.4, 0.5) is 0 Å². The van der Waals surface area contributed by atoms with E-state index in [0.29, 0.717) is 6.61 Å². The van der Waals surface area contributed by atoms with E-state index in [-0.39, 0.29) is 0 Å². The number of nitrogens with zero attached hydrogens (tertiary/aromatic N) is 2. The van der Waals surface area contributed by atoms with Gasteiger partial charge in [-0.3, -0.25) is 0 Å². The summed E-state index contributed by atoms with van der Waals surface area (Å²) in [5, 5.41) is 3.13. The zero-order valence-corrected chi connectivity index (χ0v) is 12.6. The molecule has 1 heterocycles. The Morgan fingerprint density at radius 1 is 1.42 bits per heavy atom. The summed E-state index contributed by atoms with van der Waals surface area (Å²) in [4.78, 5) is 4.01. The highest BCUT2D eigenvalue weighted by Gasteiger charge is 2.02. The maximum atomic E-state index is 5.77. The maximum Gasteiger partial charge on any atom is 0.133 e. The van der Waals surface area contributed by atoms with E-state index in [1.165, 1.54) is 5.56 Å². The van der Waals surface area contributed by atoms with Crippen molar-refractivity contribution in [1.29, 1.82) is 0 Å². The zero-order chi connectivity index (χ0) is 13.5. The van der Waals surface area contributed by atoms with Gasteiger partial charge in [-0.05, 0) is 47.1 Å². The fraction of sp³-hybridized carbons (Fsp3) is 0.357. The molecular formula is C14H18BrN3O. The number of imidazole rings is 1. The Balaban J connectivity index is 1.79. The summed E-state index contributed by atoms with van der Waals surface area (Å²) in [5.74, 6) is 0.894. The molecular weight excluding hydrogens is 306 g/mol. The molecule has 5 heteroatoms. The van der Waals surface area contributed by atoms with Crippen LogP contribution in [0.1, 0.15) is 12.0 Å². The Morgan fingerprint density at radius 3 is 3.00 bits per heavy atom. The van der Waals surface area contributed by atoms with Crippen LogP contribution < -0.4 is 10.1 Å². The van der Waals surface area contributed by atoms with Crippen molar-refractivity contribution in [1.82, 2.24) is 14.9 Å². The molecule has 0 bridgehead atoms. The van der Waals surface area contributed by atoms with Crippen LogP contribution in [0.5, 0.6) is 5.75 Å². The Kier molecular flexibility index (Phi) is 5.42. The minimum atomic E-state index is 0.697. The van der Waals surface area contributed by atoms with E-state index >= 15 is 0 Å². The number of halogens is 1. The van der Waals surface area contributed by atoms with Crippen molar-refractivity contribution >= 4 is 15.9 Å². The third-order valence-corrected chi connectivity index (χ3v) is 3.37. The second-order valence-electron chi connectivity index (χ2n) is 4.30. The Bertz CT molecular complexity index is 499. The van der Waals surface area contributed by atoms with E-state index in [1.807, 2.05) is 25.6 Å². The fourth-order valence-electron chi connectivity index (χ4n) is 1.82. The molecule has 0 aliphatic carbocycles. The molecule has 0 unspecified atom stereocenters. The number of hydrogen-bond donors (Lipinski definition) is 1. The minimum Gasteiger partial charge on any atom is -0.492 e.